The van der Waals surface area contributed by atoms with Gasteiger partial charge in [-0.2, -0.15) is 0 Å². The fourth-order valence-electron chi connectivity index (χ4n) is 2.40. The molecule has 0 aromatic heterocycles. The molecule has 0 spiro atoms. The molecule has 1 aromatic rings. The van der Waals surface area contributed by atoms with Gasteiger partial charge in [0.15, 0.2) is 0 Å². The van der Waals surface area contributed by atoms with E-state index in [2.05, 4.69) is 24.0 Å². The third-order valence-corrected chi connectivity index (χ3v) is 3.49. The van der Waals surface area contributed by atoms with Crippen LogP contribution >= 0.6 is 0 Å². The Balaban J connectivity index is 1.99. The van der Waals surface area contributed by atoms with Crippen molar-refractivity contribution in [1.29, 1.82) is 0 Å². The highest BCUT2D eigenvalue weighted by Gasteiger charge is 2.35. The average molecular weight is 201 g/mol. The molecule has 1 amide bonds. The molecule has 78 valence electrons. The molecule has 15 heavy (non-hydrogen) atoms. The Hall–Kier alpha value is -1.31. The Morgan fingerprint density at radius 3 is 2.87 bits per heavy atom. The van der Waals surface area contributed by atoms with Crippen LogP contribution in [0.1, 0.15) is 29.5 Å². The first kappa shape index (κ1) is 8.96. The molecule has 1 heterocycles. The van der Waals surface area contributed by atoms with Gasteiger partial charge in [0.1, 0.15) is 0 Å². The molecular formula is C13H15NO. The summed E-state index contributed by atoms with van der Waals surface area (Å²) in [6.07, 6.45) is 3.01. The van der Waals surface area contributed by atoms with Gasteiger partial charge in [-0.1, -0.05) is 18.2 Å². The van der Waals surface area contributed by atoms with Crippen LogP contribution in [-0.2, 0) is 17.8 Å². The van der Waals surface area contributed by atoms with Crippen LogP contribution in [0.15, 0.2) is 18.2 Å². The molecule has 0 bridgehead atoms. The van der Waals surface area contributed by atoms with Crippen molar-refractivity contribution in [3.05, 3.63) is 34.9 Å². The first-order valence-electron chi connectivity index (χ1n) is 5.62. The van der Waals surface area contributed by atoms with Crippen molar-refractivity contribution in [3.63, 3.8) is 0 Å². The fraction of sp³-hybridized carbons (Fsp3) is 0.462. The van der Waals surface area contributed by atoms with Gasteiger partial charge < -0.3 is 4.90 Å². The molecule has 0 saturated heterocycles. The Labute approximate surface area is 89.9 Å². The van der Waals surface area contributed by atoms with Crippen LogP contribution in [0.3, 0.4) is 0 Å². The highest BCUT2D eigenvalue weighted by Crippen LogP contribution is 2.33. The number of hydrogen-bond acceptors (Lipinski definition) is 1. The van der Waals surface area contributed by atoms with Crippen molar-refractivity contribution in [1.82, 2.24) is 4.90 Å². The summed E-state index contributed by atoms with van der Waals surface area (Å²) in [6, 6.07) is 6.82. The topological polar surface area (TPSA) is 20.3 Å². The molecule has 0 radical (unpaired) electrons. The van der Waals surface area contributed by atoms with Crippen molar-refractivity contribution in [2.75, 3.05) is 0 Å². The molecule has 1 aromatic carbocycles. The summed E-state index contributed by atoms with van der Waals surface area (Å²) in [5.74, 6) is 0.315. The maximum absolute atomic E-state index is 11.9. The van der Waals surface area contributed by atoms with Gasteiger partial charge in [-0.25, -0.2) is 0 Å². The summed E-state index contributed by atoms with van der Waals surface area (Å²) >= 11 is 0. The molecule has 1 aliphatic carbocycles. The van der Waals surface area contributed by atoms with E-state index in [1.807, 2.05) is 6.07 Å². The molecule has 0 atom stereocenters. The normalized spacial score (nSPS) is 20.3. The van der Waals surface area contributed by atoms with Gasteiger partial charge in [-0.3, -0.25) is 4.79 Å². The summed E-state index contributed by atoms with van der Waals surface area (Å²) in [6.45, 7) is 2.98. The lowest BCUT2D eigenvalue weighted by Crippen LogP contribution is -2.38. The van der Waals surface area contributed by atoms with E-state index >= 15 is 0 Å². The van der Waals surface area contributed by atoms with Crippen LogP contribution in [0.4, 0.5) is 0 Å². The van der Waals surface area contributed by atoms with E-state index in [9.17, 15) is 4.79 Å². The predicted octanol–water partition coefficient (Wildman–Crippen LogP) is 2.04. The number of benzene rings is 1. The second-order valence-corrected chi connectivity index (χ2v) is 4.64. The van der Waals surface area contributed by atoms with Gasteiger partial charge in [0.05, 0.1) is 6.42 Å². The van der Waals surface area contributed by atoms with E-state index in [1.165, 1.54) is 29.5 Å². The maximum Gasteiger partial charge on any atom is 0.227 e. The summed E-state index contributed by atoms with van der Waals surface area (Å²) < 4.78 is 0. The molecule has 1 fully saturated rings. The fourth-order valence-corrected chi connectivity index (χ4v) is 2.40. The molecule has 2 aliphatic rings. The van der Waals surface area contributed by atoms with Crippen LogP contribution in [0.5, 0.6) is 0 Å². The smallest absolute Gasteiger partial charge is 0.227 e. The lowest BCUT2D eigenvalue weighted by molar-refractivity contribution is -0.132. The highest BCUT2D eigenvalue weighted by molar-refractivity contribution is 5.81. The third kappa shape index (κ3) is 1.44. The Bertz CT molecular complexity index is 421. The molecule has 3 rings (SSSR count). The quantitative estimate of drug-likeness (QED) is 0.681. The second kappa shape index (κ2) is 3.09. The van der Waals surface area contributed by atoms with Crippen LogP contribution in [0.2, 0.25) is 0 Å². The minimum atomic E-state index is 0.315. The van der Waals surface area contributed by atoms with E-state index in [4.69, 9.17) is 0 Å². The van der Waals surface area contributed by atoms with Crippen LogP contribution in [-0.4, -0.2) is 16.8 Å². The average Bonchev–Trinajstić information content (AvgIpc) is 3.01. The van der Waals surface area contributed by atoms with Crippen molar-refractivity contribution in [3.8, 4) is 0 Å². The lowest BCUT2D eigenvalue weighted by Gasteiger charge is -2.29. The van der Waals surface area contributed by atoms with Crippen molar-refractivity contribution in [2.45, 2.75) is 38.8 Å². The summed E-state index contributed by atoms with van der Waals surface area (Å²) in [5, 5.41) is 0. The SMILES string of the molecule is Cc1cccc2c1CN(C1CC1)C(=O)C2. The monoisotopic (exact) mass is 201 g/mol. The van der Waals surface area contributed by atoms with E-state index in [-0.39, 0.29) is 0 Å². The minimum absolute atomic E-state index is 0.315. The number of rotatable bonds is 1. The summed E-state index contributed by atoms with van der Waals surface area (Å²) in [4.78, 5) is 13.9. The molecule has 2 heteroatoms. The maximum atomic E-state index is 11.9. The zero-order valence-corrected chi connectivity index (χ0v) is 8.99. The Morgan fingerprint density at radius 2 is 2.13 bits per heavy atom. The predicted molar refractivity (Wildman–Crippen MR) is 58.5 cm³/mol. The van der Waals surface area contributed by atoms with Crippen LogP contribution in [0.25, 0.3) is 0 Å². The van der Waals surface area contributed by atoms with Crippen molar-refractivity contribution < 1.29 is 4.79 Å². The second-order valence-electron chi connectivity index (χ2n) is 4.64. The zero-order chi connectivity index (χ0) is 10.4. The van der Waals surface area contributed by atoms with Crippen molar-refractivity contribution >= 4 is 5.91 Å². The van der Waals surface area contributed by atoms with E-state index in [0.717, 1.165) is 6.54 Å². The minimum Gasteiger partial charge on any atom is -0.335 e. The molecule has 2 nitrogen and oxygen atoms in total. The molecular weight excluding hydrogens is 186 g/mol. The number of carbonyl (C=O) groups is 1. The highest BCUT2D eigenvalue weighted by atomic mass is 16.2. The Morgan fingerprint density at radius 1 is 1.33 bits per heavy atom. The van der Waals surface area contributed by atoms with Gasteiger partial charge in [0.25, 0.3) is 0 Å². The number of aryl methyl sites for hydroxylation is 1. The lowest BCUT2D eigenvalue weighted by atomic mass is 9.95. The molecule has 1 aliphatic heterocycles. The van der Waals surface area contributed by atoms with Gasteiger partial charge >= 0.3 is 0 Å². The number of fused-ring (bicyclic) bond motifs is 1. The summed E-state index contributed by atoms with van der Waals surface area (Å²) in [7, 11) is 0. The van der Waals surface area contributed by atoms with E-state index in [0.29, 0.717) is 18.4 Å². The largest absolute Gasteiger partial charge is 0.335 e. The number of nitrogens with zero attached hydrogens (tertiary/aromatic N) is 1. The molecule has 0 unspecified atom stereocenters. The first-order chi connectivity index (χ1) is 7.25. The standard InChI is InChI=1S/C13H15NO/c1-9-3-2-4-10-7-13(15)14(8-12(9)10)11-5-6-11/h2-4,11H,5-8H2,1H3. The van der Waals surface area contributed by atoms with Gasteiger partial charge in [0.2, 0.25) is 5.91 Å². The van der Waals surface area contributed by atoms with Crippen LogP contribution < -0.4 is 0 Å². The number of carbonyl (C=O) groups excluding carboxylic acids is 1. The zero-order valence-electron chi connectivity index (χ0n) is 8.99. The Kier molecular flexibility index (Phi) is 1.84. The van der Waals surface area contributed by atoms with Gasteiger partial charge in [-0.15, -0.1) is 0 Å². The first-order valence-corrected chi connectivity index (χ1v) is 5.62. The van der Waals surface area contributed by atoms with Gasteiger partial charge in [-0.05, 0) is 36.5 Å². The number of amides is 1. The summed E-state index contributed by atoms with van der Waals surface area (Å²) in [5.41, 5.74) is 3.94. The van der Waals surface area contributed by atoms with E-state index < -0.39 is 0 Å². The molecule has 1 saturated carbocycles. The third-order valence-electron chi connectivity index (χ3n) is 3.49. The van der Waals surface area contributed by atoms with Crippen molar-refractivity contribution in [2.24, 2.45) is 0 Å². The van der Waals surface area contributed by atoms with E-state index in [1.54, 1.807) is 0 Å². The van der Waals surface area contributed by atoms with Crippen LogP contribution in [0, 0.1) is 6.92 Å². The number of hydrogen-bond donors (Lipinski definition) is 0. The molecule has 0 N–H and O–H groups in total. The van der Waals surface area contributed by atoms with Gasteiger partial charge in [0, 0.05) is 12.6 Å².